The minimum atomic E-state index is -0.480. The summed E-state index contributed by atoms with van der Waals surface area (Å²) in [5, 5.41) is 6.95. The summed E-state index contributed by atoms with van der Waals surface area (Å²) >= 11 is 6.56. The van der Waals surface area contributed by atoms with Gasteiger partial charge in [0.1, 0.15) is 5.75 Å². The number of aromatic nitrogens is 3. The molecule has 0 aliphatic heterocycles. The first kappa shape index (κ1) is 23.2. The molecule has 0 saturated heterocycles. The normalized spacial score (nSPS) is 13.6. The summed E-state index contributed by atoms with van der Waals surface area (Å²) in [5.41, 5.74) is 4.41. The van der Waals surface area contributed by atoms with Crippen molar-refractivity contribution in [2.75, 3.05) is 11.9 Å². The number of aromatic amines is 1. The lowest BCUT2D eigenvalue weighted by atomic mass is 9.94. The molecule has 1 aliphatic carbocycles. The Labute approximate surface area is 209 Å². The molecule has 3 N–H and O–H groups in total. The lowest BCUT2D eigenvalue weighted by Crippen LogP contribution is -2.39. The summed E-state index contributed by atoms with van der Waals surface area (Å²) in [7, 11) is 0. The number of anilines is 1. The molecule has 2 aromatic heterocycles. The van der Waals surface area contributed by atoms with Gasteiger partial charge in [-0.1, -0.05) is 35.9 Å². The van der Waals surface area contributed by atoms with E-state index >= 15 is 0 Å². The number of nitrogens with zero attached hydrogens (tertiary/aromatic N) is 2. The van der Waals surface area contributed by atoms with E-state index in [1.807, 2.05) is 56.3 Å². The summed E-state index contributed by atoms with van der Waals surface area (Å²) in [6.45, 7) is 6.44. The second-order valence-electron chi connectivity index (χ2n) is 9.57. The maximum atomic E-state index is 11.5. The first-order chi connectivity index (χ1) is 16.8. The molecule has 0 unspecified atom stereocenters. The highest BCUT2D eigenvalue weighted by Gasteiger charge is 2.22. The summed E-state index contributed by atoms with van der Waals surface area (Å²) in [5.74, 6) is 1.36. The molecule has 2 heterocycles. The van der Waals surface area contributed by atoms with Gasteiger partial charge in [-0.2, -0.15) is 4.98 Å². The number of nitrogens with one attached hydrogen (secondary N) is 3. The molecule has 1 saturated carbocycles. The van der Waals surface area contributed by atoms with Crippen molar-refractivity contribution in [3.05, 3.63) is 65.2 Å². The van der Waals surface area contributed by atoms with Gasteiger partial charge in [0.15, 0.2) is 5.65 Å². The van der Waals surface area contributed by atoms with Crippen molar-refractivity contribution in [2.45, 2.75) is 39.2 Å². The molecule has 35 heavy (non-hydrogen) atoms. The van der Waals surface area contributed by atoms with Gasteiger partial charge in [-0.25, -0.2) is 4.98 Å². The highest BCUT2D eigenvalue weighted by atomic mass is 35.5. The number of ether oxygens (including phenoxy) is 1. The van der Waals surface area contributed by atoms with Crippen LogP contribution in [-0.4, -0.2) is 27.4 Å². The van der Waals surface area contributed by atoms with Gasteiger partial charge in [-0.05, 0) is 68.5 Å². The molecule has 2 aromatic carbocycles. The number of benzene rings is 2. The number of pyridine rings is 1. The SMILES string of the molecule is CC(=O)NC(C)(C)c1ccc(Oc2nc3nc(-c4ccc(NCC5CC5)cc4)c(Cl)cc3[nH]2)cc1. The van der Waals surface area contributed by atoms with Gasteiger partial charge in [0.05, 0.1) is 21.8 Å². The topological polar surface area (TPSA) is 91.9 Å². The van der Waals surface area contributed by atoms with Crippen LogP contribution in [0.1, 0.15) is 39.2 Å². The Morgan fingerprint density at radius 3 is 2.49 bits per heavy atom. The Hall–Kier alpha value is -3.58. The predicted molar refractivity (Wildman–Crippen MR) is 139 cm³/mol. The number of hydrogen-bond donors (Lipinski definition) is 3. The molecule has 5 rings (SSSR count). The maximum Gasteiger partial charge on any atom is 0.301 e. The first-order valence-electron chi connectivity index (χ1n) is 11.7. The molecule has 0 atom stereocenters. The van der Waals surface area contributed by atoms with Crippen molar-refractivity contribution < 1.29 is 9.53 Å². The third-order valence-electron chi connectivity index (χ3n) is 6.13. The molecule has 8 heteroatoms. The zero-order chi connectivity index (χ0) is 24.6. The van der Waals surface area contributed by atoms with Crippen LogP contribution in [0.15, 0.2) is 54.6 Å². The number of hydrogen-bond acceptors (Lipinski definition) is 5. The molecule has 180 valence electrons. The average Bonchev–Trinajstić information content (AvgIpc) is 3.56. The molecular weight excluding hydrogens is 462 g/mol. The number of H-pyrrole nitrogens is 1. The molecular formula is C27H28ClN5O2. The van der Waals surface area contributed by atoms with E-state index in [0.29, 0.717) is 33.6 Å². The number of carbonyl (C=O) groups is 1. The number of amides is 1. The number of rotatable bonds is 8. The quantitative estimate of drug-likeness (QED) is 0.271. The third-order valence-corrected chi connectivity index (χ3v) is 6.42. The van der Waals surface area contributed by atoms with Crippen LogP contribution in [0.5, 0.6) is 11.8 Å². The monoisotopic (exact) mass is 489 g/mol. The van der Waals surface area contributed by atoms with E-state index in [-0.39, 0.29) is 5.91 Å². The van der Waals surface area contributed by atoms with E-state index in [2.05, 4.69) is 37.7 Å². The van der Waals surface area contributed by atoms with Crippen LogP contribution in [-0.2, 0) is 10.3 Å². The predicted octanol–water partition coefficient (Wildman–Crippen LogP) is 6.26. The standard InChI is InChI=1S/C27H28ClN5O2/c1-16(34)33-27(2,3)19-8-12-21(13-9-19)35-26-30-23-14-22(28)24(31-25(23)32-26)18-6-10-20(11-7-18)29-15-17-4-5-17/h6-14,17,29H,4-5,15H2,1-3H3,(H,33,34)(H,30,31,32). The van der Waals surface area contributed by atoms with E-state index in [9.17, 15) is 4.79 Å². The minimum Gasteiger partial charge on any atom is -0.426 e. The van der Waals surface area contributed by atoms with Crippen LogP contribution >= 0.6 is 11.6 Å². The fraction of sp³-hybridized carbons (Fsp3) is 0.296. The van der Waals surface area contributed by atoms with Crippen molar-refractivity contribution in [1.29, 1.82) is 0 Å². The summed E-state index contributed by atoms with van der Waals surface area (Å²) in [6.07, 6.45) is 2.64. The van der Waals surface area contributed by atoms with E-state index in [4.69, 9.17) is 16.3 Å². The van der Waals surface area contributed by atoms with Crippen molar-refractivity contribution in [1.82, 2.24) is 20.3 Å². The highest BCUT2D eigenvalue weighted by Crippen LogP contribution is 2.32. The van der Waals surface area contributed by atoms with Crippen molar-refractivity contribution in [2.24, 2.45) is 5.92 Å². The molecule has 1 fully saturated rings. The average molecular weight is 490 g/mol. The van der Waals surface area contributed by atoms with Crippen molar-refractivity contribution >= 4 is 34.4 Å². The Kier molecular flexibility index (Phi) is 6.11. The van der Waals surface area contributed by atoms with Crippen molar-refractivity contribution in [3.63, 3.8) is 0 Å². The number of imidazole rings is 1. The molecule has 0 bridgehead atoms. The third kappa shape index (κ3) is 5.41. The maximum absolute atomic E-state index is 11.5. The van der Waals surface area contributed by atoms with Gasteiger partial charge < -0.3 is 20.4 Å². The summed E-state index contributed by atoms with van der Waals surface area (Å²) in [4.78, 5) is 23.8. The molecule has 0 radical (unpaired) electrons. The Balaban J connectivity index is 1.32. The van der Waals surface area contributed by atoms with E-state index < -0.39 is 5.54 Å². The lowest BCUT2D eigenvalue weighted by Gasteiger charge is -2.26. The fourth-order valence-electron chi connectivity index (χ4n) is 4.04. The van der Waals surface area contributed by atoms with Crippen LogP contribution < -0.4 is 15.4 Å². The second-order valence-corrected chi connectivity index (χ2v) is 9.97. The van der Waals surface area contributed by atoms with Gasteiger partial charge in [0, 0.05) is 24.7 Å². The van der Waals surface area contributed by atoms with Crippen LogP contribution in [0, 0.1) is 5.92 Å². The van der Waals surface area contributed by atoms with Crippen LogP contribution in [0.2, 0.25) is 5.02 Å². The minimum absolute atomic E-state index is 0.0793. The largest absolute Gasteiger partial charge is 0.426 e. The Morgan fingerprint density at radius 2 is 1.83 bits per heavy atom. The zero-order valence-corrected chi connectivity index (χ0v) is 20.7. The van der Waals surface area contributed by atoms with Gasteiger partial charge in [-0.15, -0.1) is 0 Å². The van der Waals surface area contributed by atoms with Crippen LogP contribution in [0.3, 0.4) is 0 Å². The zero-order valence-electron chi connectivity index (χ0n) is 20.0. The van der Waals surface area contributed by atoms with Gasteiger partial charge in [0.2, 0.25) is 5.91 Å². The lowest BCUT2D eigenvalue weighted by molar-refractivity contribution is -0.120. The second kappa shape index (κ2) is 9.23. The molecule has 1 amide bonds. The fourth-order valence-corrected chi connectivity index (χ4v) is 4.30. The van der Waals surface area contributed by atoms with E-state index in [0.717, 1.165) is 29.3 Å². The van der Waals surface area contributed by atoms with Gasteiger partial charge in [0.25, 0.3) is 0 Å². The summed E-state index contributed by atoms with van der Waals surface area (Å²) in [6, 6.07) is 17.8. The van der Waals surface area contributed by atoms with E-state index in [1.54, 1.807) is 0 Å². The van der Waals surface area contributed by atoms with Gasteiger partial charge in [-0.3, -0.25) is 4.79 Å². The van der Waals surface area contributed by atoms with Gasteiger partial charge >= 0.3 is 6.01 Å². The number of carbonyl (C=O) groups excluding carboxylic acids is 1. The molecule has 1 aliphatic rings. The smallest absolute Gasteiger partial charge is 0.301 e. The van der Waals surface area contributed by atoms with Crippen LogP contribution in [0.4, 0.5) is 5.69 Å². The Bertz CT molecular complexity index is 1360. The molecule has 4 aromatic rings. The van der Waals surface area contributed by atoms with Crippen LogP contribution in [0.25, 0.3) is 22.4 Å². The number of halogens is 1. The van der Waals surface area contributed by atoms with E-state index in [1.165, 1.54) is 19.8 Å². The summed E-state index contributed by atoms with van der Waals surface area (Å²) < 4.78 is 5.92. The van der Waals surface area contributed by atoms with Crippen molar-refractivity contribution in [3.8, 4) is 23.0 Å². The first-order valence-corrected chi connectivity index (χ1v) is 12.1. The Morgan fingerprint density at radius 1 is 1.11 bits per heavy atom. The molecule has 0 spiro atoms. The highest BCUT2D eigenvalue weighted by molar-refractivity contribution is 6.33. The molecule has 7 nitrogen and oxygen atoms in total. The number of fused-ring (bicyclic) bond motifs is 1.